The van der Waals surface area contributed by atoms with Gasteiger partial charge in [-0.3, -0.25) is 0 Å². The summed E-state index contributed by atoms with van der Waals surface area (Å²) in [5, 5.41) is 0. The van der Waals surface area contributed by atoms with Crippen molar-refractivity contribution in [2.45, 2.75) is 19.8 Å². The lowest BCUT2D eigenvalue weighted by molar-refractivity contribution is 0.435. The van der Waals surface area contributed by atoms with Crippen molar-refractivity contribution < 1.29 is 4.39 Å². The van der Waals surface area contributed by atoms with Gasteiger partial charge in [0.1, 0.15) is 12.1 Å². The van der Waals surface area contributed by atoms with Crippen molar-refractivity contribution in [3.05, 3.63) is 18.3 Å². The molecule has 0 spiro atoms. The molecule has 0 unspecified atom stereocenters. The van der Waals surface area contributed by atoms with Crippen LogP contribution in [-0.2, 0) is 0 Å². The van der Waals surface area contributed by atoms with Crippen molar-refractivity contribution >= 4 is 5.82 Å². The lowest BCUT2D eigenvalue weighted by Crippen LogP contribution is -2.33. The van der Waals surface area contributed by atoms with Crippen molar-refractivity contribution in [2.24, 2.45) is 5.92 Å². The minimum absolute atomic E-state index is 0.450. The third kappa shape index (κ3) is 2.00. The van der Waals surface area contributed by atoms with Gasteiger partial charge in [0, 0.05) is 19.2 Å². The molecule has 1 saturated heterocycles. The molecule has 0 saturated carbocycles. The second kappa shape index (κ2) is 3.90. The van der Waals surface area contributed by atoms with E-state index in [2.05, 4.69) is 21.8 Å². The second-order valence-corrected chi connectivity index (χ2v) is 3.87. The van der Waals surface area contributed by atoms with Gasteiger partial charge in [-0.05, 0) is 18.8 Å². The van der Waals surface area contributed by atoms with Crippen LogP contribution in [0.5, 0.6) is 0 Å². The van der Waals surface area contributed by atoms with Crippen LogP contribution in [-0.4, -0.2) is 23.1 Å². The molecule has 0 aliphatic carbocycles. The molecule has 1 aliphatic heterocycles. The predicted molar refractivity (Wildman–Crippen MR) is 52.6 cm³/mol. The molecule has 1 aliphatic rings. The summed E-state index contributed by atoms with van der Waals surface area (Å²) in [5.41, 5.74) is 0. The third-order valence-corrected chi connectivity index (χ3v) is 2.73. The number of halogens is 1. The summed E-state index contributed by atoms with van der Waals surface area (Å²) in [7, 11) is 0. The van der Waals surface area contributed by atoms with Gasteiger partial charge in [-0.25, -0.2) is 9.97 Å². The van der Waals surface area contributed by atoms with Crippen molar-refractivity contribution in [3.63, 3.8) is 0 Å². The van der Waals surface area contributed by atoms with Crippen molar-refractivity contribution in [2.75, 3.05) is 18.0 Å². The fourth-order valence-electron chi connectivity index (χ4n) is 1.73. The molecule has 2 rings (SSSR count). The zero-order valence-corrected chi connectivity index (χ0v) is 8.28. The fraction of sp³-hybridized carbons (Fsp3) is 0.600. The molecule has 0 N–H and O–H groups in total. The standard InChI is InChI=1S/C10H14FN3/c1-8-2-4-14(5-3-8)10-6-9(11)12-7-13-10/h6-8H,2-5H2,1H3. The zero-order chi connectivity index (χ0) is 9.97. The average molecular weight is 195 g/mol. The van der Waals surface area contributed by atoms with E-state index in [1.54, 1.807) is 0 Å². The summed E-state index contributed by atoms with van der Waals surface area (Å²) in [4.78, 5) is 9.62. The molecule has 1 aromatic heterocycles. The monoisotopic (exact) mass is 195 g/mol. The smallest absolute Gasteiger partial charge is 0.218 e. The zero-order valence-electron chi connectivity index (χ0n) is 8.28. The molecule has 0 atom stereocenters. The number of nitrogens with zero attached hydrogens (tertiary/aromatic N) is 3. The largest absolute Gasteiger partial charge is 0.356 e. The van der Waals surface area contributed by atoms with Crippen LogP contribution < -0.4 is 4.90 Å². The molecule has 14 heavy (non-hydrogen) atoms. The molecule has 0 amide bonds. The Kier molecular flexibility index (Phi) is 2.61. The van der Waals surface area contributed by atoms with Crippen LogP contribution >= 0.6 is 0 Å². The van der Waals surface area contributed by atoms with Crippen LogP contribution in [0.1, 0.15) is 19.8 Å². The van der Waals surface area contributed by atoms with Gasteiger partial charge in [0.15, 0.2) is 0 Å². The van der Waals surface area contributed by atoms with E-state index in [1.165, 1.54) is 12.4 Å². The van der Waals surface area contributed by atoms with Gasteiger partial charge in [0.25, 0.3) is 0 Å². The molecule has 1 aromatic rings. The predicted octanol–water partition coefficient (Wildman–Crippen LogP) is 1.85. The maximum atomic E-state index is 12.8. The Hall–Kier alpha value is -1.19. The van der Waals surface area contributed by atoms with Crippen LogP contribution in [0.4, 0.5) is 10.2 Å². The normalized spacial score (nSPS) is 18.6. The Morgan fingerprint density at radius 3 is 2.71 bits per heavy atom. The fourth-order valence-corrected chi connectivity index (χ4v) is 1.73. The van der Waals surface area contributed by atoms with Gasteiger partial charge in [0.05, 0.1) is 0 Å². The lowest BCUT2D eigenvalue weighted by atomic mass is 9.99. The number of anilines is 1. The van der Waals surface area contributed by atoms with Gasteiger partial charge < -0.3 is 4.90 Å². The second-order valence-electron chi connectivity index (χ2n) is 3.87. The van der Waals surface area contributed by atoms with Crippen LogP contribution in [0.2, 0.25) is 0 Å². The first kappa shape index (κ1) is 9.37. The van der Waals surface area contributed by atoms with E-state index >= 15 is 0 Å². The molecule has 4 heteroatoms. The molecular weight excluding hydrogens is 181 g/mol. The van der Waals surface area contributed by atoms with Crippen LogP contribution in [0, 0.1) is 11.9 Å². The number of hydrogen-bond donors (Lipinski definition) is 0. The van der Waals surface area contributed by atoms with E-state index in [0.717, 1.165) is 31.8 Å². The minimum atomic E-state index is -0.450. The maximum Gasteiger partial charge on any atom is 0.218 e. The van der Waals surface area contributed by atoms with Gasteiger partial charge in [-0.2, -0.15) is 4.39 Å². The van der Waals surface area contributed by atoms with E-state index < -0.39 is 5.95 Å². The molecule has 2 heterocycles. The average Bonchev–Trinajstić information content (AvgIpc) is 2.19. The topological polar surface area (TPSA) is 29.0 Å². The number of piperidine rings is 1. The van der Waals surface area contributed by atoms with E-state index in [9.17, 15) is 4.39 Å². The Bertz CT molecular complexity index is 308. The Morgan fingerprint density at radius 1 is 1.36 bits per heavy atom. The van der Waals surface area contributed by atoms with Gasteiger partial charge >= 0.3 is 0 Å². The van der Waals surface area contributed by atoms with Gasteiger partial charge in [-0.1, -0.05) is 6.92 Å². The van der Waals surface area contributed by atoms with Crippen molar-refractivity contribution in [1.29, 1.82) is 0 Å². The number of hydrogen-bond acceptors (Lipinski definition) is 3. The van der Waals surface area contributed by atoms with E-state index in [4.69, 9.17) is 0 Å². The molecule has 76 valence electrons. The minimum Gasteiger partial charge on any atom is -0.356 e. The summed E-state index contributed by atoms with van der Waals surface area (Å²) >= 11 is 0. The molecule has 1 fully saturated rings. The Labute approximate surface area is 83.0 Å². The van der Waals surface area contributed by atoms with Crippen molar-refractivity contribution in [1.82, 2.24) is 9.97 Å². The molecule has 0 aromatic carbocycles. The highest BCUT2D eigenvalue weighted by molar-refractivity contribution is 5.37. The first-order chi connectivity index (χ1) is 6.75. The highest BCUT2D eigenvalue weighted by Crippen LogP contribution is 2.20. The Morgan fingerprint density at radius 2 is 2.07 bits per heavy atom. The molecule has 3 nitrogen and oxygen atoms in total. The van der Waals surface area contributed by atoms with Crippen LogP contribution in [0.15, 0.2) is 12.4 Å². The summed E-state index contributed by atoms with van der Waals surface area (Å²) in [6.45, 7) is 4.19. The SMILES string of the molecule is CC1CCN(c2cc(F)ncn2)CC1. The van der Waals surface area contributed by atoms with Gasteiger partial charge in [-0.15, -0.1) is 0 Å². The van der Waals surface area contributed by atoms with E-state index in [-0.39, 0.29) is 0 Å². The first-order valence-corrected chi connectivity index (χ1v) is 4.98. The third-order valence-electron chi connectivity index (χ3n) is 2.73. The lowest BCUT2D eigenvalue weighted by Gasteiger charge is -2.30. The van der Waals surface area contributed by atoms with E-state index in [1.807, 2.05) is 0 Å². The number of rotatable bonds is 1. The first-order valence-electron chi connectivity index (χ1n) is 4.98. The highest BCUT2D eigenvalue weighted by atomic mass is 19.1. The molecular formula is C10H14FN3. The molecule has 0 bridgehead atoms. The number of aromatic nitrogens is 2. The highest BCUT2D eigenvalue weighted by Gasteiger charge is 2.17. The van der Waals surface area contributed by atoms with Crippen LogP contribution in [0.3, 0.4) is 0 Å². The van der Waals surface area contributed by atoms with E-state index in [0.29, 0.717) is 5.82 Å². The Balaban J connectivity index is 2.08. The quantitative estimate of drug-likeness (QED) is 0.640. The molecule has 0 radical (unpaired) electrons. The summed E-state index contributed by atoms with van der Waals surface area (Å²) < 4.78 is 12.8. The van der Waals surface area contributed by atoms with Crippen LogP contribution in [0.25, 0.3) is 0 Å². The summed E-state index contributed by atoms with van der Waals surface area (Å²) in [6.07, 6.45) is 3.60. The maximum absolute atomic E-state index is 12.8. The summed E-state index contributed by atoms with van der Waals surface area (Å²) in [6, 6.07) is 1.40. The summed E-state index contributed by atoms with van der Waals surface area (Å²) in [5.74, 6) is 1.04. The van der Waals surface area contributed by atoms with Crippen molar-refractivity contribution in [3.8, 4) is 0 Å². The van der Waals surface area contributed by atoms with Gasteiger partial charge in [0.2, 0.25) is 5.95 Å².